The third-order valence-electron chi connectivity index (χ3n) is 3.58. The van der Waals surface area contributed by atoms with Crippen LogP contribution in [-0.2, 0) is 6.61 Å². The molecular formula is C16H9F3N2O4. The first-order chi connectivity index (χ1) is 11.9. The van der Waals surface area contributed by atoms with E-state index in [1.54, 1.807) is 0 Å². The van der Waals surface area contributed by atoms with Crippen molar-refractivity contribution in [3.63, 3.8) is 0 Å². The molecule has 0 spiro atoms. The molecule has 25 heavy (non-hydrogen) atoms. The summed E-state index contributed by atoms with van der Waals surface area (Å²) in [7, 11) is 0. The van der Waals surface area contributed by atoms with Gasteiger partial charge in [-0.2, -0.15) is 0 Å². The fourth-order valence-corrected chi connectivity index (χ4v) is 2.34. The van der Waals surface area contributed by atoms with Crippen LogP contribution in [0.4, 0.5) is 18.9 Å². The third kappa shape index (κ3) is 2.85. The minimum Gasteiger partial charge on any atom is -0.391 e. The van der Waals surface area contributed by atoms with Crippen LogP contribution in [0.1, 0.15) is 5.56 Å². The van der Waals surface area contributed by atoms with Gasteiger partial charge in [0.1, 0.15) is 5.69 Å². The molecule has 0 aliphatic heterocycles. The summed E-state index contributed by atoms with van der Waals surface area (Å²) in [6, 6.07) is 6.89. The number of aliphatic hydroxyl groups excluding tert-OH is 1. The Hall–Kier alpha value is -3.20. The third-order valence-corrected chi connectivity index (χ3v) is 3.58. The van der Waals surface area contributed by atoms with Crippen LogP contribution in [0.3, 0.4) is 0 Å². The lowest BCUT2D eigenvalue weighted by Crippen LogP contribution is -1.96. The number of hydrogen-bond acceptors (Lipinski definition) is 5. The van der Waals surface area contributed by atoms with E-state index in [1.165, 1.54) is 24.3 Å². The van der Waals surface area contributed by atoms with Crippen molar-refractivity contribution >= 4 is 5.69 Å². The summed E-state index contributed by atoms with van der Waals surface area (Å²) in [6.07, 6.45) is 0. The predicted octanol–water partition coefficient (Wildman–Crippen LogP) is 3.83. The van der Waals surface area contributed by atoms with Crippen molar-refractivity contribution in [1.29, 1.82) is 0 Å². The summed E-state index contributed by atoms with van der Waals surface area (Å²) in [5.41, 5.74) is -0.0313. The van der Waals surface area contributed by atoms with E-state index in [0.717, 1.165) is 12.1 Å². The first-order valence-electron chi connectivity index (χ1n) is 6.92. The first-order valence-corrected chi connectivity index (χ1v) is 6.92. The molecule has 0 aliphatic rings. The zero-order valence-corrected chi connectivity index (χ0v) is 12.4. The molecule has 0 radical (unpaired) electrons. The molecule has 1 heterocycles. The highest BCUT2D eigenvalue weighted by Gasteiger charge is 2.24. The molecule has 6 nitrogen and oxygen atoms in total. The largest absolute Gasteiger partial charge is 0.391 e. The Bertz CT molecular complexity index is 955. The molecule has 0 saturated carbocycles. The van der Waals surface area contributed by atoms with E-state index in [-0.39, 0.29) is 22.7 Å². The number of rotatable bonds is 4. The molecule has 0 amide bonds. The predicted molar refractivity (Wildman–Crippen MR) is 79.8 cm³/mol. The molecule has 0 unspecified atom stereocenters. The fourth-order valence-electron chi connectivity index (χ4n) is 2.34. The lowest BCUT2D eigenvalue weighted by molar-refractivity contribution is -0.384. The molecule has 0 bridgehead atoms. The average Bonchev–Trinajstić information content (AvgIpc) is 3.03. The SMILES string of the molecule is O=[N+]([O-])c1ccc(-c2noc(-c3ccc(F)c(F)c3F)c2CO)cc1. The van der Waals surface area contributed by atoms with Gasteiger partial charge in [0.15, 0.2) is 23.2 Å². The van der Waals surface area contributed by atoms with E-state index in [4.69, 9.17) is 4.52 Å². The zero-order valence-electron chi connectivity index (χ0n) is 12.4. The van der Waals surface area contributed by atoms with Gasteiger partial charge in [-0.15, -0.1) is 0 Å². The molecule has 3 rings (SSSR count). The van der Waals surface area contributed by atoms with E-state index in [0.29, 0.717) is 5.56 Å². The average molecular weight is 350 g/mol. The monoisotopic (exact) mass is 350 g/mol. The maximum atomic E-state index is 14.0. The second-order valence-corrected chi connectivity index (χ2v) is 5.02. The van der Waals surface area contributed by atoms with Crippen molar-refractivity contribution in [2.75, 3.05) is 0 Å². The molecule has 0 saturated heterocycles. The molecule has 3 aromatic rings. The number of halogens is 3. The number of nitro benzene ring substituents is 1. The molecule has 1 N–H and O–H groups in total. The minimum absolute atomic E-state index is 0.0405. The quantitative estimate of drug-likeness (QED) is 0.439. The molecule has 9 heteroatoms. The number of non-ortho nitro benzene ring substituents is 1. The van der Waals surface area contributed by atoms with Crippen LogP contribution in [0.15, 0.2) is 40.9 Å². The van der Waals surface area contributed by atoms with Crippen LogP contribution >= 0.6 is 0 Å². The summed E-state index contributed by atoms with van der Waals surface area (Å²) in [6.45, 7) is -0.621. The van der Waals surface area contributed by atoms with E-state index in [1.807, 2.05) is 0 Å². The summed E-state index contributed by atoms with van der Waals surface area (Å²) < 4.78 is 45.5. The van der Waals surface area contributed by atoms with E-state index in [2.05, 4.69) is 5.16 Å². The lowest BCUT2D eigenvalue weighted by atomic mass is 10.0. The highest BCUT2D eigenvalue weighted by molar-refractivity contribution is 5.73. The van der Waals surface area contributed by atoms with Crippen molar-refractivity contribution in [2.24, 2.45) is 0 Å². The highest BCUT2D eigenvalue weighted by Crippen LogP contribution is 2.35. The van der Waals surface area contributed by atoms with Gasteiger partial charge in [-0.05, 0) is 24.3 Å². The zero-order chi connectivity index (χ0) is 18.1. The highest BCUT2D eigenvalue weighted by atomic mass is 19.2. The summed E-state index contributed by atoms with van der Waals surface area (Å²) in [5.74, 6) is -4.76. The molecule has 1 aromatic heterocycles. The second kappa shape index (κ2) is 6.36. The molecular weight excluding hydrogens is 341 g/mol. The van der Waals surface area contributed by atoms with Crippen molar-refractivity contribution in [2.45, 2.75) is 6.61 Å². The van der Waals surface area contributed by atoms with Crippen molar-refractivity contribution < 1.29 is 27.7 Å². The van der Waals surface area contributed by atoms with Crippen LogP contribution in [0, 0.1) is 27.6 Å². The normalized spacial score (nSPS) is 10.9. The maximum absolute atomic E-state index is 14.0. The fraction of sp³-hybridized carbons (Fsp3) is 0.0625. The smallest absolute Gasteiger partial charge is 0.269 e. The molecule has 0 aliphatic carbocycles. The Morgan fingerprint density at radius 2 is 1.76 bits per heavy atom. The first kappa shape index (κ1) is 16.7. The van der Waals surface area contributed by atoms with Gasteiger partial charge in [0.2, 0.25) is 0 Å². The Balaban J connectivity index is 2.11. The number of aliphatic hydroxyl groups is 1. The van der Waals surface area contributed by atoms with Gasteiger partial charge >= 0.3 is 0 Å². The molecule has 2 aromatic carbocycles. The maximum Gasteiger partial charge on any atom is 0.269 e. The number of nitro groups is 1. The molecule has 0 atom stereocenters. The number of aromatic nitrogens is 1. The number of benzene rings is 2. The van der Waals surface area contributed by atoms with E-state index in [9.17, 15) is 28.4 Å². The van der Waals surface area contributed by atoms with Crippen molar-refractivity contribution in [1.82, 2.24) is 5.16 Å². The van der Waals surface area contributed by atoms with Gasteiger partial charge in [0.05, 0.1) is 22.7 Å². The topological polar surface area (TPSA) is 89.4 Å². The van der Waals surface area contributed by atoms with Crippen LogP contribution < -0.4 is 0 Å². The van der Waals surface area contributed by atoms with E-state index < -0.39 is 34.5 Å². The summed E-state index contributed by atoms with van der Waals surface area (Å²) in [4.78, 5) is 10.1. The van der Waals surface area contributed by atoms with Crippen LogP contribution in [0.5, 0.6) is 0 Å². The van der Waals surface area contributed by atoms with Crippen LogP contribution in [-0.4, -0.2) is 15.2 Å². The number of hydrogen-bond donors (Lipinski definition) is 1. The minimum atomic E-state index is -1.67. The summed E-state index contributed by atoms with van der Waals surface area (Å²) >= 11 is 0. The standard InChI is InChI=1S/C16H9F3N2O4/c17-12-6-5-10(13(18)14(12)19)16-11(7-22)15(20-25-16)8-1-3-9(4-2-8)21(23)24/h1-6,22H,7H2. The van der Waals surface area contributed by atoms with E-state index >= 15 is 0 Å². The molecule has 128 valence electrons. The van der Waals surface area contributed by atoms with Crippen LogP contribution in [0.2, 0.25) is 0 Å². The lowest BCUT2D eigenvalue weighted by Gasteiger charge is -2.04. The Labute approximate surface area is 138 Å². The van der Waals surface area contributed by atoms with Crippen LogP contribution in [0.25, 0.3) is 22.6 Å². The molecule has 0 fully saturated rings. The van der Waals surface area contributed by atoms with Gasteiger partial charge in [0.25, 0.3) is 5.69 Å². The van der Waals surface area contributed by atoms with Crippen molar-refractivity contribution in [3.8, 4) is 22.6 Å². The Morgan fingerprint density at radius 3 is 2.36 bits per heavy atom. The number of nitrogens with zero attached hydrogens (tertiary/aromatic N) is 2. The van der Waals surface area contributed by atoms with Gasteiger partial charge in [0, 0.05) is 17.7 Å². The van der Waals surface area contributed by atoms with Gasteiger partial charge in [-0.3, -0.25) is 10.1 Å². The Morgan fingerprint density at radius 1 is 1.08 bits per heavy atom. The summed E-state index contributed by atoms with van der Waals surface area (Å²) in [5, 5.41) is 24.0. The van der Waals surface area contributed by atoms with Gasteiger partial charge in [-0.25, -0.2) is 13.2 Å². The van der Waals surface area contributed by atoms with Gasteiger partial charge < -0.3 is 9.63 Å². The Kier molecular flexibility index (Phi) is 4.24. The second-order valence-electron chi connectivity index (χ2n) is 5.02. The van der Waals surface area contributed by atoms with Crippen molar-refractivity contribution in [3.05, 3.63) is 69.5 Å². The van der Waals surface area contributed by atoms with Gasteiger partial charge in [-0.1, -0.05) is 5.16 Å².